The van der Waals surface area contributed by atoms with E-state index in [0.29, 0.717) is 6.42 Å². The number of nitrogens with two attached hydrogens (primary N) is 2. The maximum Gasteiger partial charge on any atom is 0.241 e. The third-order valence-corrected chi connectivity index (χ3v) is 3.07. The largest absolute Gasteiger partial charge is 0.323 e. The first kappa shape index (κ1) is 12.9. The number of nitrogens with zero attached hydrogens (tertiary/aromatic N) is 2. The Kier molecular flexibility index (Phi) is 3.88. The highest BCUT2D eigenvalue weighted by Gasteiger charge is 2.35. The molecule has 0 bridgehead atoms. The third-order valence-electron chi connectivity index (χ3n) is 3.07. The Morgan fingerprint density at radius 1 is 1.67 bits per heavy atom. The van der Waals surface area contributed by atoms with E-state index in [-0.39, 0.29) is 18.9 Å². The first-order chi connectivity index (χ1) is 8.58. The molecule has 0 saturated carbocycles. The maximum absolute atomic E-state index is 13.2. The van der Waals surface area contributed by atoms with E-state index >= 15 is 0 Å². The molecule has 1 amide bonds. The molecule has 5 nitrogen and oxygen atoms in total. The molecule has 0 aliphatic carbocycles. The van der Waals surface area contributed by atoms with Crippen molar-refractivity contribution >= 4 is 5.91 Å². The molecule has 2 heterocycles. The van der Waals surface area contributed by atoms with Crippen LogP contribution in [0.15, 0.2) is 24.5 Å². The van der Waals surface area contributed by atoms with Crippen molar-refractivity contribution in [1.82, 2.24) is 9.88 Å². The predicted molar refractivity (Wildman–Crippen MR) is 65.1 cm³/mol. The van der Waals surface area contributed by atoms with Gasteiger partial charge in [0.2, 0.25) is 5.91 Å². The molecule has 0 aromatic carbocycles. The molecule has 6 heteroatoms. The van der Waals surface area contributed by atoms with Crippen molar-refractivity contribution in [3.05, 3.63) is 30.1 Å². The van der Waals surface area contributed by atoms with Crippen molar-refractivity contribution in [2.45, 2.75) is 31.2 Å². The molecular weight excluding hydrogens is 235 g/mol. The predicted octanol–water partition coefficient (Wildman–Crippen LogP) is -0.193. The second-order valence-corrected chi connectivity index (χ2v) is 4.56. The Hall–Kier alpha value is -1.53. The molecule has 1 fully saturated rings. The molecule has 2 rings (SSSR count). The minimum atomic E-state index is -1.05. The minimum Gasteiger partial charge on any atom is -0.323 e. The molecule has 98 valence electrons. The molecule has 18 heavy (non-hydrogen) atoms. The van der Waals surface area contributed by atoms with E-state index in [2.05, 4.69) is 4.98 Å². The molecule has 3 atom stereocenters. The number of carbonyl (C=O) groups excluding carboxylic acids is 1. The number of amides is 1. The van der Waals surface area contributed by atoms with Crippen LogP contribution in [-0.4, -0.2) is 40.7 Å². The van der Waals surface area contributed by atoms with Gasteiger partial charge in [-0.1, -0.05) is 6.07 Å². The van der Waals surface area contributed by atoms with Crippen molar-refractivity contribution in [2.24, 2.45) is 11.5 Å². The Bertz CT molecular complexity index is 414. The van der Waals surface area contributed by atoms with Gasteiger partial charge in [0.15, 0.2) is 0 Å². The lowest BCUT2D eigenvalue weighted by Gasteiger charge is -2.24. The topological polar surface area (TPSA) is 85.2 Å². The fourth-order valence-corrected chi connectivity index (χ4v) is 2.14. The quantitative estimate of drug-likeness (QED) is 0.780. The van der Waals surface area contributed by atoms with Crippen LogP contribution in [-0.2, 0) is 11.2 Å². The number of pyridine rings is 1. The molecule has 1 aliphatic rings. The lowest BCUT2D eigenvalue weighted by atomic mass is 10.1. The fourth-order valence-electron chi connectivity index (χ4n) is 2.14. The van der Waals surface area contributed by atoms with E-state index in [1.807, 2.05) is 6.07 Å². The van der Waals surface area contributed by atoms with Crippen LogP contribution in [0.1, 0.15) is 12.0 Å². The standard InChI is InChI=1S/C12H17FN4O/c13-9-5-11(15)17(7-9)12(18)10(14)4-8-2-1-3-16-6-8/h1-3,6,9-11H,4-5,7,14-15H2/t9-,10-,11-/m0/s1. The van der Waals surface area contributed by atoms with Crippen LogP contribution in [0.5, 0.6) is 0 Å². The molecular formula is C12H17FN4O. The number of aromatic nitrogens is 1. The van der Waals surface area contributed by atoms with Crippen molar-refractivity contribution in [3.8, 4) is 0 Å². The van der Waals surface area contributed by atoms with Crippen molar-refractivity contribution in [3.63, 3.8) is 0 Å². The van der Waals surface area contributed by atoms with Gasteiger partial charge < -0.3 is 16.4 Å². The average molecular weight is 252 g/mol. The van der Waals surface area contributed by atoms with Crippen molar-refractivity contribution in [2.75, 3.05) is 6.54 Å². The van der Waals surface area contributed by atoms with Gasteiger partial charge in [-0.2, -0.15) is 0 Å². The summed E-state index contributed by atoms with van der Waals surface area (Å²) in [5.74, 6) is -0.300. The summed E-state index contributed by atoms with van der Waals surface area (Å²) in [5, 5.41) is 0. The minimum absolute atomic E-state index is 0.0424. The second-order valence-electron chi connectivity index (χ2n) is 4.56. The van der Waals surface area contributed by atoms with E-state index in [1.165, 1.54) is 4.90 Å². The monoisotopic (exact) mass is 252 g/mol. The summed E-state index contributed by atoms with van der Waals surface area (Å²) < 4.78 is 13.2. The fraction of sp³-hybridized carbons (Fsp3) is 0.500. The van der Waals surface area contributed by atoms with Crippen LogP contribution in [0.3, 0.4) is 0 Å². The molecule has 1 saturated heterocycles. The highest BCUT2D eigenvalue weighted by molar-refractivity contribution is 5.82. The van der Waals surface area contributed by atoms with Gasteiger partial charge in [-0.05, 0) is 18.1 Å². The summed E-state index contributed by atoms with van der Waals surface area (Å²) in [6.45, 7) is 0.0424. The number of hydrogen-bond donors (Lipinski definition) is 2. The Balaban J connectivity index is 1.97. The smallest absolute Gasteiger partial charge is 0.241 e. The molecule has 1 aliphatic heterocycles. The number of alkyl halides is 1. The first-order valence-corrected chi connectivity index (χ1v) is 5.92. The number of likely N-dealkylation sites (tertiary alicyclic amines) is 1. The average Bonchev–Trinajstić information content (AvgIpc) is 2.68. The van der Waals surface area contributed by atoms with E-state index in [4.69, 9.17) is 11.5 Å². The summed E-state index contributed by atoms with van der Waals surface area (Å²) in [4.78, 5) is 17.3. The number of halogens is 1. The number of rotatable bonds is 3. The zero-order valence-corrected chi connectivity index (χ0v) is 10.00. The third kappa shape index (κ3) is 2.83. The molecule has 0 spiro atoms. The van der Waals surface area contributed by atoms with Gasteiger partial charge in [0.1, 0.15) is 6.17 Å². The van der Waals surface area contributed by atoms with Crippen LogP contribution >= 0.6 is 0 Å². The first-order valence-electron chi connectivity index (χ1n) is 5.92. The van der Waals surface area contributed by atoms with Crippen LogP contribution < -0.4 is 11.5 Å². The molecule has 1 aromatic rings. The summed E-state index contributed by atoms with van der Waals surface area (Å²) in [6.07, 6.45) is 2.27. The molecule has 0 unspecified atom stereocenters. The van der Waals surface area contributed by atoms with E-state index in [9.17, 15) is 9.18 Å². The van der Waals surface area contributed by atoms with Crippen LogP contribution in [0.4, 0.5) is 4.39 Å². The van der Waals surface area contributed by atoms with Gasteiger partial charge >= 0.3 is 0 Å². The summed E-state index contributed by atoms with van der Waals surface area (Å²) in [5.41, 5.74) is 12.4. The normalized spacial score (nSPS) is 25.2. The lowest BCUT2D eigenvalue weighted by molar-refractivity contribution is -0.133. The number of hydrogen-bond acceptors (Lipinski definition) is 4. The summed E-state index contributed by atoms with van der Waals surface area (Å²) >= 11 is 0. The maximum atomic E-state index is 13.2. The van der Waals surface area contributed by atoms with E-state index in [0.717, 1.165) is 5.56 Å². The number of carbonyl (C=O) groups is 1. The Labute approximate surface area is 105 Å². The SMILES string of the molecule is N[C@@H]1C[C@H](F)CN1C(=O)[C@@H](N)Cc1cccnc1. The second kappa shape index (κ2) is 5.41. The molecule has 1 aromatic heterocycles. The zero-order valence-electron chi connectivity index (χ0n) is 10.00. The lowest BCUT2D eigenvalue weighted by Crippen LogP contribution is -2.49. The molecule has 0 radical (unpaired) electrons. The van der Waals surface area contributed by atoms with Gasteiger partial charge in [-0.15, -0.1) is 0 Å². The highest BCUT2D eigenvalue weighted by atomic mass is 19.1. The highest BCUT2D eigenvalue weighted by Crippen LogP contribution is 2.18. The Morgan fingerprint density at radius 2 is 2.44 bits per heavy atom. The van der Waals surface area contributed by atoms with Gasteiger partial charge in [0.25, 0.3) is 0 Å². The van der Waals surface area contributed by atoms with Crippen LogP contribution in [0.25, 0.3) is 0 Å². The molecule has 4 N–H and O–H groups in total. The zero-order chi connectivity index (χ0) is 13.1. The van der Waals surface area contributed by atoms with Gasteiger partial charge in [-0.3, -0.25) is 9.78 Å². The van der Waals surface area contributed by atoms with Gasteiger partial charge in [0, 0.05) is 18.8 Å². The van der Waals surface area contributed by atoms with Crippen molar-refractivity contribution in [1.29, 1.82) is 0 Å². The van der Waals surface area contributed by atoms with Gasteiger partial charge in [-0.25, -0.2) is 4.39 Å². The van der Waals surface area contributed by atoms with Crippen LogP contribution in [0, 0.1) is 0 Å². The van der Waals surface area contributed by atoms with E-state index in [1.54, 1.807) is 18.5 Å². The van der Waals surface area contributed by atoms with Crippen LogP contribution in [0.2, 0.25) is 0 Å². The summed E-state index contributed by atoms with van der Waals surface area (Å²) in [7, 11) is 0. The van der Waals surface area contributed by atoms with E-state index < -0.39 is 18.4 Å². The summed E-state index contributed by atoms with van der Waals surface area (Å²) in [6, 6.07) is 2.93. The van der Waals surface area contributed by atoms with Crippen molar-refractivity contribution < 1.29 is 9.18 Å². The Morgan fingerprint density at radius 3 is 3.00 bits per heavy atom. The van der Waals surface area contributed by atoms with Gasteiger partial charge in [0.05, 0.1) is 18.8 Å².